The molecule has 4 nitrogen and oxygen atoms in total. The molecule has 0 aliphatic carbocycles. The Hall–Kier alpha value is -1.71. The minimum absolute atomic E-state index is 0.0227. The normalized spacial score (nSPS) is 16.8. The molecule has 1 aliphatic rings. The van der Waals surface area contributed by atoms with Gasteiger partial charge in [0.2, 0.25) is 5.91 Å². The molecule has 0 unspecified atom stereocenters. The molecule has 1 fully saturated rings. The third kappa shape index (κ3) is 1.42. The van der Waals surface area contributed by atoms with E-state index in [0.29, 0.717) is 5.69 Å². The SMILES string of the molecule is O=C1CC(=O)N(c2cccnc2)C1. The summed E-state index contributed by atoms with van der Waals surface area (Å²) < 4.78 is 0. The number of anilines is 1. The quantitative estimate of drug-likeness (QED) is 0.581. The van der Waals surface area contributed by atoms with Crippen molar-refractivity contribution < 1.29 is 9.59 Å². The molecular formula is C9H8N2O2. The number of carbonyl (C=O) groups is 2. The maximum absolute atomic E-state index is 11.3. The molecule has 13 heavy (non-hydrogen) atoms. The van der Waals surface area contributed by atoms with E-state index in [9.17, 15) is 9.59 Å². The van der Waals surface area contributed by atoms with Crippen LogP contribution in [0.2, 0.25) is 0 Å². The van der Waals surface area contributed by atoms with Crippen molar-refractivity contribution in [3.63, 3.8) is 0 Å². The van der Waals surface area contributed by atoms with E-state index in [2.05, 4.69) is 4.98 Å². The fourth-order valence-corrected chi connectivity index (χ4v) is 1.33. The first-order chi connectivity index (χ1) is 6.27. The lowest BCUT2D eigenvalue weighted by Crippen LogP contribution is -2.24. The summed E-state index contributed by atoms with van der Waals surface area (Å²) in [4.78, 5) is 27.6. The number of Topliss-reactive ketones (excluding diaryl/α,β-unsaturated/α-hetero) is 1. The predicted molar refractivity (Wildman–Crippen MR) is 46.2 cm³/mol. The third-order valence-electron chi connectivity index (χ3n) is 1.94. The lowest BCUT2D eigenvalue weighted by Gasteiger charge is -2.12. The lowest BCUT2D eigenvalue weighted by molar-refractivity contribution is -0.121. The smallest absolute Gasteiger partial charge is 0.234 e. The van der Waals surface area contributed by atoms with Gasteiger partial charge in [-0.2, -0.15) is 0 Å². The molecule has 0 radical (unpaired) electrons. The van der Waals surface area contributed by atoms with Crippen molar-refractivity contribution in [1.29, 1.82) is 0 Å². The number of rotatable bonds is 1. The van der Waals surface area contributed by atoms with Crippen LogP contribution in [0.4, 0.5) is 5.69 Å². The molecule has 4 heteroatoms. The Labute approximate surface area is 75.2 Å². The molecule has 0 spiro atoms. The van der Waals surface area contributed by atoms with Gasteiger partial charge in [0.15, 0.2) is 5.78 Å². The number of amides is 1. The average molecular weight is 176 g/mol. The van der Waals surface area contributed by atoms with Crippen molar-refractivity contribution in [2.24, 2.45) is 0 Å². The lowest BCUT2D eigenvalue weighted by atomic mass is 10.3. The topological polar surface area (TPSA) is 50.3 Å². The Morgan fingerprint density at radius 1 is 1.38 bits per heavy atom. The molecule has 66 valence electrons. The minimum Gasteiger partial charge on any atom is -0.303 e. The maximum Gasteiger partial charge on any atom is 0.234 e. The van der Waals surface area contributed by atoms with Crippen molar-refractivity contribution in [3.05, 3.63) is 24.5 Å². The molecule has 1 aromatic heterocycles. The largest absolute Gasteiger partial charge is 0.303 e. The highest BCUT2D eigenvalue weighted by Crippen LogP contribution is 2.17. The zero-order chi connectivity index (χ0) is 9.26. The number of hydrogen-bond acceptors (Lipinski definition) is 3. The Kier molecular flexibility index (Phi) is 1.81. The van der Waals surface area contributed by atoms with Gasteiger partial charge in [-0.25, -0.2) is 0 Å². The van der Waals surface area contributed by atoms with E-state index in [0.717, 1.165) is 0 Å². The molecule has 0 N–H and O–H groups in total. The molecule has 1 amide bonds. The summed E-state index contributed by atoms with van der Waals surface area (Å²) in [5.41, 5.74) is 0.693. The zero-order valence-electron chi connectivity index (χ0n) is 6.93. The predicted octanol–water partition coefficient (Wildman–Crippen LogP) is 0.387. The van der Waals surface area contributed by atoms with Crippen LogP contribution in [0.15, 0.2) is 24.5 Å². The Balaban J connectivity index is 2.28. The second kappa shape index (κ2) is 2.97. The summed E-state index contributed by atoms with van der Waals surface area (Å²) in [6, 6.07) is 3.51. The van der Waals surface area contributed by atoms with Crippen LogP contribution in [-0.4, -0.2) is 23.2 Å². The van der Waals surface area contributed by atoms with E-state index < -0.39 is 0 Å². The van der Waals surface area contributed by atoms with Gasteiger partial charge in [0.1, 0.15) is 0 Å². The second-order valence-corrected chi connectivity index (χ2v) is 2.91. The van der Waals surface area contributed by atoms with Crippen LogP contribution in [0.25, 0.3) is 0 Å². The molecule has 1 saturated heterocycles. The van der Waals surface area contributed by atoms with Crippen molar-refractivity contribution >= 4 is 17.4 Å². The van der Waals surface area contributed by atoms with Crippen LogP contribution in [-0.2, 0) is 9.59 Å². The third-order valence-corrected chi connectivity index (χ3v) is 1.94. The summed E-state index contributed by atoms with van der Waals surface area (Å²) >= 11 is 0. The van der Waals surface area contributed by atoms with Crippen LogP contribution >= 0.6 is 0 Å². The fraction of sp³-hybridized carbons (Fsp3) is 0.222. The van der Waals surface area contributed by atoms with Gasteiger partial charge in [0.05, 0.1) is 24.8 Å². The first-order valence-electron chi connectivity index (χ1n) is 3.99. The highest BCUT2D eigenvalue weighted by atomic mass is 16.2. The van der Waals surface area contributed by atoms with Crippen LogP contribution < -0.4 is 4.90 Å². The molecule has 0 aromatic carbocycles. The molecule has 0 atom stereocenters. The van der Waals surface area contributed by atoms with Gasteiger partial charge < -0.3 is 4.90 Å². The molecule has 2 heterocycles. The van der Waals surface area contributed by atoms with Crippen molar-refractivity contribution in [3.8, 4) is 0 Å². The average Bonchev–Trinajstić information content (AvgIpc) is 2.47. The van der Waals surface area contributed by atoms with Gasteiger partial charge in [-0.15, -0.1) is 0 Å². The van der Waals surface area contributed by atoms with Crippen molar-refractivity contribution in [1.82, 2.24) is 4.98 Å². The summed E-state index contributed by atoms with van der Waals surface area (Å²) in [6.45, 7) is 0.185. The first-order valence-corrected chi connectivity index (χ1v) is 3.99. The van der Waals surface area contributed by atoms with Crippen LogP contribution in [0.1, 0.15) is 6.42 Å². The molecule has 0 saturated carbocycles. The number of carbonyl (C=O) groups excluding carboxylic acids is 2. The number of nitrogens with zero attached hydrogens (tertiary/aromatic N) is 2. The van der Waals surface area contributed by atoms with Gasteiger partial charge in [-0.3, -0.25) is 14.6 Å². The molecule has 0 bridgehead atoms. The summed E-state index contributed by atoms with van der Waals surface area (Å²) in [5.74, 6) is -0.174. The van der Waals surface area contributed by atoms with Crippen LogP contribution in [0.3, 0.4) is 0 Å². The fourth-order valence-electron chi connectivity index (χ4n) is 1.33. The van der Waals surface area contributed by atoms with Crippen LogP contribution in [0, 0.1) is 0 Å². The number of pyridine rings is 1. The van der Waals surface area contributed by atoms with Gasteiger partial charge >= 0.3 is 0 Å². The first kappa shape index (κ1) is 7.91. The van der Waals surface area contributed by atoms with E-state index >= 15 is 0 Å². The zero-order valence-corrected chi connectivity index (χ0v) is 6.93. The molecule has 2 rings (SSSR count). The standard InChI is InChI=1S/C9H8N2O2/c12-8-4-9(13)11(6-8)7-2-1-3-10-5-7/h1-3,5H,4,6H2. The van der Waals surface area contributed by atoms with E-state index in [1.807, 2.05) is 0 Å². The van der Waals surface area contributed by atoms with Gasteiger partial charge in [0, 0.05) is 6.20 Å². The Bertz CT molecular complexity index is 348. The summed E-state index contributed by atoms with van der Waals surface area (Å²) in [5, 5.41) is 0. The molecule has 1 aliphatic heterocycles. The maximum atomic E-state index is 11.3. The number of ketones is 1. The van der Waals surface area contributed by atoms with E-state index in [4.69, 9.17) is 0 Å². The highest BCUT2D eigenvalue weighted by molar-refractivity contribution is 6.14. The monoisotopic (exact) mass is 176 g/mol. The van der Waals surface area contributed by atoms with E-state index in [1.54, 1.807) is 24.5 Å². The van der Waals surface area contributed by atoms with E-state index in [1.165, 1.54) is 4.90 Å². The second-order valence-electron chi connectivity index (χ2n) is 2.91. The van der Waals surface area contributed by atoms with Gasteiger partial charge in [0.25, 0.3) is 0 Å². The van der Waals surface area contributed by atoms with Crippen LogP contribution in [0.5, 0.6) is 0 Å². The van der Waals surface area contributed by atoms with Crippen molar-refractivity contribution in [2.45, 2.75) is 6.42 Å². The summed E-state index contributed by atoms with van der Waals surface area (Å²) in [6.07, 6.45) is 3.23. The van der Waals surface area contributed by atoms with Gasteiger partial charge in [-0.05, 0) is 12.1 Å². The highest BCUT2D eigenvalue weighted by Gasteiger charge is 2.28. The molecular weight excluding hydrogens is 168 g/mol. The Morgan fingerprint density at radius 2 is 2.23 bits per heavy atom. The molecule has 1 aromatic rings. The Morgan fingerprint density at radius 3 is 2.77 bits per heavy atom. The van der Waals surface area contributed by atoms with E-state index in [-0.39, 0.29) is 24.7 Å². The minimum atomic E-state index is -0.141. The van der Waals surface area contributed by atoms with Gasteiger partial charge in [-0.1, -0.05) is 0 Å². The summed E-state index contributed by atoms with van der Waals surface area (Å²) in [7, 11) is 0. The number of aromatic nitrogens is 1. The van der Waals surface area contributed by atoms with Crippen molar-refractivity contribution in [2.75, 3.05) is 11.4 Å². The number of hydrogen-bond donors (Lipinski definition) is 0.